The Bertz CT molecular complexity index is 397. The second-order valence-corrected chi connectivity index (χ2v) is 4.64. The Morgan fingerprint density at radius 3 is 2.75 bits per heavy atom. The molecule has 1 fully saturated rings. The summed E-state index contributed by atoms with van der Waals surface area (Å²) < 4.78 is 19.2. The maximum Gasteiger partial charge on any atom is 0.168 e. The zero-order chi connectivity index (χ0) is 11.8. The van der Waals surface area contributed by atoms with Gasteiger partial charge in [-0.05, 0) is 38.8 Å². The predicted octanol–water partition coefficient (Wildman–Crippen LogP) is 2.74. The third kappa shape index (κ3) is 1.69. The molecular weight excluding hydrogens is 205 g/mol. The first-order valence-electron chi connectivity index (χ1n) is 5.67. The van der Waals surface area contributed by atoms with Gasteiger partial charge < -0.3 is 10.1 Å². The lowest BCUT2D eigenvalue weighted by atomic mass is 9.89. The number of rotatable bonds is 2. The maximum atomic E-state index is 13.9. The van der Waals surface area contributed by atoms with E-state index in [4.69, 9.17) is 4.74 Å². The van der Waals surface area contributed by atoms with Gasteiger partial charge >= 0.3 is 0 Å². The molecule has 16 heavy (non-hydrogen) atoms. The van der Waals surface area contributed by atoms with Crippen LogP contribution in [0.5, 0.6) is 5.75 Å². The molecule has 1 unspecified atom stereocenters. The molecule has 88 valence electrons. The van der Waals surface area contributed by atoms with E-state index in [1.54, 1.807) is 6.92 Å². The lowest BCUT2D eigenvalue weighted by Gasteiger charge is -2.27. The summed E-state index contributed by atoms with van der Waals surface area (Å²) in [6, 6.07) is 3.79. The number of hydrogen-bond acceptors (Lipinski definition) is 2. The number of benzene rings is 1. The average molecular weight is 223 g/mol. The molecule has 3 heteroatoms. The Labute approximate surface area is 95.8 Å². The smallest absolute Gasteiger partial charge is 0.168 e. The van der Waals surface area contributed by atoms with Crippen molar-refractivity contribution in [3.63, 3.8) is 0 Å². The van der Waals surface area contributed by atoms with Gasteiger partial charge in [0.05, 0.1) is 7.11 Å². The molecule has 1 aromatic rings. The van der Waals surface area contributed by atoms with Gasteiger partial charge in [0.15, 0.2) is 11.6 Å². The van der Waals surface area contributed by atoms with Gasteiger partial charge in [-0.25, -0.2) is 4.39 Å². The fraction of sp³-hybridized carbons (Fsp3) is 0.538. The number of hydrogen-bond donors (Lipinski definition) is 1. The van der Waals surface area contributed by atoms with Crippen LogP contribution < -0.4 is 10.1 Å². The van der Waals surface area contributed by atoms with Gasteiger partial charge in [0, 0.05) is 11.1 Å². The van der Waals surface area contributed by atoms with Crippen LogP contribution in [0.1, 0.15) is 30.9 Å². The topological polar surface area (TPSA) is 21.3 Å². The monoisotopic (exact) mass is 223 g/mol. The molecule has 1 atom stereocenters. The van der Waals surface area contributed by atoms with E-state index < -0.39 is 0 Å². The van der Waals surface area contributed by atoms with Crippen molar-refractivity contribution in [2.24, 2.45) is 0 Å². The summed E-state index contributed by atoms with van der Waals surface area (Å²) >= 11 is 0. The van der Waals surface area contributed by atoms with Crippen LogP contribution in [0.3, 0.4) is 0 Å². The van der Waals surface area contributed by atoms with E-state index >= 15 is 0 Å². The zero-order valence-electron chi connectivity index (χ0n) is 10.1. The molecule has 1 aromatic carbocycles. The number of methoxy groups -OCH3 is 1. The standard InChI is InChI=1S/C13H18FNO/c1-9-5-6-10(12(16-3)11(9)14)13(2)7-4-8-15-13/h5-6,15H,4,7-8H2,1-3H3. The molecule has 0 amide bonds. The van der Waals surface area contributed by atoms with Crippen LogP contribution in [0.25, 0.3) is 0 Å². The SMILES string of the molecule is COc1c(C2(C)CCCN2)ccc(C)c1F. The first kappa shape index (κ1) is 11.4. The molecule has 1 N–H and O–H groups in total. The van der Waals surface area contributed by atoms with E-state index in [0.29, 0.717) is 11.3 Å². The number of aryl methyl sites for hydroxylation is 1. The highest BCUT2D eigenvalue weighted by molar-refractivity contribution is 5.43. The van der Waals surface area contributed by atoms with E-state index in [1.165, 1.54) is 7.11 Å². The zero-order valence-corrected chi connectivity index (χ0v) is 10.1. The Balaban J connectivity index is 2.52. The number of ether oxygens (including phenoxy) is 1. The minimum Gasteiger partial charge on any atom is -0.493 e. The molecule has 1 saturated heterocycles. The predicted molar refractivity (Wildman–Crippen MR) is 62.3 cm³/mol. The highest BCUT2D eigenvalue weighted by Crippen LogP contribution is 2.38. The minimum absolute atomic E-state index is 0.153. The van der Waals surface area contributed by atoms with Gasteiger partial charge in [-0.2, -0.15) is 0 Å². The van der Waals surface area contributed by atoms with Gasteiger partial charge in [0.1, 0.15) is 0 Å². The van der Waals surface area contributed by atoms with Crippen LogP contribution in [0, 0.1) is 12.7 Å². The molecule has 1 aliphatic rings. The molecular formula is C13H18FNO. The van der Waals surface area contributed by atoms with Crippen molar-refractivity contribution >= 4 is 0 Å². The molecule has 1 aliphatic heterocycles. The van der Waals surface area contributed by atoms with Crippen molar-refractivity contribution in [2.75, 3.05) is 13.7 Å². The summed E-state index contributed by atoms with van der Waals surface area (Å²) in [7, 11) is 1.53. The van der Waals surface area contributed by atoms with Crippen LogP contribution in [0.15, 0.2) is 12.1 Å². The van der Waals surface area contributed by atoms with E-state index in [1.807, 2.05) is 12.1 Å². The molecule has 0 aromatic heterocycles. The third-order valence-corrected chi connectivity index (χ3v) is 3.46. The van der Waals surface area contributed by atoms with E-state index in [0.717, 1.165) is 24.9 Å². The Hall–Kier alpha value is -1.09. The van der Waals surface area contributed by atoms with Crippen molar-refractivity contribution in [1.82, 2.24) is 5.32 Å². The van der Waals surface area contributed by atoms with Crippen molar-refractivity contribution in [3.05, 3.63) is 29.1 Å². The molecule has 0 radical (unpaired) electrons. The Kier molecular flexibility index (Phi) is 2.89. The second-order valence-electron chi connectivity index (χ2n) is 4.64. The lowest BCUT2D eigenvalue weighted by molar-refractivity contribution is 0.350. The summed E-state index contributed by atoms with van der Waals surface area (Å²) in [5, 5.41) is 3.42. The molecule has 0 aliphatic carbocycles. The molecule has 1 heterocycles. The largest absolute Gasteiger partial charge is 0.493 e. The third-order valence-electron chi connectivity index (χ3n) is 3.46. The Morgan fingerprint density at radius 1 is 1.44 bits per heavy atom. The fourth-order valence-corrected chi connectivity index (χ4v) is 2.41. The van der Waals surface area contributed by atoms with Crippen molar-refractivity contribution in [2.45, 2.75) is 32.2 Å². The van der Waals surface area contributed by atoms with Gasteiger partial charge in [-0.1, -0.05) is 12.1 Å². The number of nitrogens with one attached hydrogen (secondary N) is 1. The first-order valence-corrected chi connectivity index (χ1v) is 5.67. The second kappa shape index (κ2) is 4.06. The van der Waals surface area contributed by atoms with Gasteiger partial charge in [0.2, 0.25) is 0 Å². The summed E-state index contributed by atoms with van der Waals surface area (Å²) in [6.45, 7) is 4.84. The van der Waals surface area contributed by atoms with E-state index in [9.17, 15) is 4.39 Å². The summed E-state index contributed by atoms with van der Waals surface area (Å²) in [4.78, 5) is 0. The molecule has 2 rings (SSSR count). The van der Waals surface area contributed by atoms with Crippen LogP contribution >= 0.6 is 0 Å². The average Bonchev–Trinajstić information content (AvgIpc) is 2.70. The van der Waals surface area contributed by atoms with Gasteiger partial charge in [-0.15, -0.1) is 0 Å². The molecule has 2 nitrogen and oxygen atoms in total. The van der Waals surface area contributed by atoms with Crippen molar-refractivity contribution in [1.29, 1.82) is 0 Å². The quantitative estimate of drug-likeness (QED) is 0.832. The van der Waals surface area contributed by atoms with Gasteiger partial charge in [-0.3, -0.25) is 0 Å². The number of halogens is 1. The maximum absolute atomic E-state index is 13.9. The molecule has 0 spiro atoms. The van der Waals surface area contributed by atoms with Crippen LogP contribution in [-0.4, -0.2) is 13.7 Å². The van der Waals surface area contributed by atoms with E-state index in [-0.39, 0.29) is 11.4 Å². The summed E-state index contributed by atoms with van der Waals surface area (Å²) in [5.41, 5.74) is 1.40. The highest BCUT2D eigenvalue weighted by Gasteiger charge is 2.33. The molecule has 0 bridgehead atoms. The summed E-state index contributed by atoms with van der Waals surface area (Å²) in [5.74, 6) is 0.145. The van der Waals surface area contributed by atoms with Crippen LogP contribution in [0.2, 0.25) is 0 Å². The summed E-state index contributed by atoms with van der Waals surface area (Å²) in [6.07, 6.45) is 2.14. The van der Waals surface area contributed by atoms with Gasteiger partial charge in [0.25, 0.3) is 0 Å². The lowest BCUT2D eigenvalue weighted by Crippen LogP contribution is -2.33. The Morgan fingerprint density at radius 2 is 2.19 bits per heavy atom. The van der Waals surface area contributed by atoms with Crippen molar-refractivity contribution in [3.8, 4) is 5.75 Å². The first-order chi connectivity index (χ1) is 7.58. The van der Waals surface area contributed by atoms with Crippen molar-refractivity contribution < 1.29 is 9.13 Å². The van der Waals surface area contributed by atoms with Crippen LogP contribution in [0.4, 0.5) is 4.39 Å². The highest BCUT2D eigenvalue weighted by atomic mass is 19.1. The minimum atomic E-state index is -0.241. The van der Waals surface area contributed by atoms with E-state index in [2.05, 4.69) is 12.2 Å². The fourth-order valence-electron chi connectivity index (χ4n) is 2.41. The van der Waals surface area contributed by atoms with Crippen LogP contribution in [-0.2, 0) is 5.54 Å². The normalized spacial score (nSPS) is 24.8. The molecule has 0 saturated carbocycles.